The highest BCUT2D eigenvalue weighted by atomic mass is 16.5. The summed E-state index contributed by atoms with van der Waals surface area (Å²) in [7, 11) is 0. The number of benzene rings is 1. The first-order valence-corrected chi connectivity index (χ1v) is 6.57. The van der Waals surface area contributed by atoms with Gasteiger partial charge in [0, 0.05) is 6.42 Å². The summed E-state index contributed by atoms with van der Waals surface area (Å²) in [6.07, 6.45) is 0.420. The molecule has 0 fully saturated rings. The van der Waals surface area contributed by atoms with Crippen LogP contribution in [0.25, 0.3) is 0 Å². The van der Waals surface area contributed by atoms with Gasteiger partial charge >= 0.3 is 5.97 Å². The van der Waals surface area contributed by atoms with E-state index in [1.807, 2.05) is 39.0 Å². The molecule has 0 bridgehead atoms. The Balaban J connectivity index is 2.62. The van der Waals surface area contributed by atoms with Crippen LogP contribution in [0.3, 0.4) is 0 Å². The highest BCUT2D eigenvalue weighted by molar-refractivity contribution is 5.78. The van der Waals surface area contributed by atoms with E-state index < -0.39 is 11.5 Å². The summed E-state index contributed by atoms with van der Waals surface area (Å²) in [6.45, 7) is 8.56. The van der Waals surface area contributed by atoms with Gasteiger partial charge in [-0.05, 0) is 44.5 Å². The van der Waals surface area contributed by atoms with Crippen molar-refractivity contribution in [2.45, 2.75) is 39.7 Å². The van der Waals surface area contributed by atoms with Gasteiger partial charge in [0.15, 0.2) is 0 Å². The van der Waals surface area contributed by atoms with E-state index in [1.54, 1.807) is 6.92 Å². The Morgan fingerprint density at radius 3 is 2.68 bits per heavy atom. The van der Waals surface area contributed by atoms with Crippen molar-refractivity contribution < 1.29 is 14.6 Å². The number of hydrogen-bond donors (Lipinski definition) is 2. The van der Waals surface area contributed by atoms with Gasteiger partial charge in [-0.15, -0.1) is 0 Å². The maximum absolute atomic E-state index is 11.3. The number of aryl methyl sites for hydroxylation is 2. The van der Waals surface area contributed by atoms with E-state index in [0.29, 0.717) is 19.6 Å². The standard InChI is InChI=1S/C15H23NO3/c1-5-16-15(4,14(17)18)8-9-19-13-10-11(2)6-7-12(13)3/h6-7,10,16H,5,8-9H2,1-4H3,(H,17,18). The van der Waals surface area contributed by atoms with Crippen LogP contribution >= 0.6 is 0 Å². The fourth-order valence-electron chi connectivity index (χ4n) is 1.89. The van der Waals surface area contributed by atoms with Crippen LogP contribution < -0.4 is 10.1 Å². The summed E-state index contributed by atoms with van der Waals surface area (Å²) in [5.74, 6) is -0.0249. The predicted octanol–water partition coefficient (Wildman–Crippen LogP) is 2.53. The van der Waals surface area contributed by atoms with Crippen molar-refractivity contribution in [3.8, 4) is 5.75 Å². The number of rotatable bonds is 7. The van der Waals surface area contributed by atoms with Crippen molar-refractivity contribution in [1.82, 2.24) is 5.32 Å². The molecule has 19 heavy (non-hydrogen) atoms. The van der Waals surface area contributed by atoms with E-state index in [2.05, 4.69) is 5.32 Å². The molecule has 1 aromatic rings. The molecule has 4 heteroatoms. The molecule has 0 radical (unpaired) electrons. The van der Waals surface area contributed by atoms with Crippen LogP contribution in [0.2, 0.25) is 0 Å². The number of hydrogen-bond acceptors (Lipinski definition) is 3. The third kappa shape index (κ3) is 4.24. The van der Waals surface area contributed by atoms with E-state index in [1.165, 1.54) is 0 Å². The van der Waals surface area contributed by atoms with Crippen LogP contribution in [0.4, 0.5) is 0 Å². The lowest BCUT2D eigenvalue weighted by Gasteiger charge is -2.25. The third-order valence-electron chi connectivity index (χ3n) is 3.24. The minimum absolute atomic E-state index is 0.375. The monoisotopic (exact) mass is 265 g/mol. The Kier molecular flexibility index (Phi) is 5.36. The number of ether oxygens (including phenoxy) is 1. The highest BCUT2D eigenvalue weighted by Gasteiger charge is 2.31. The van der Waals surface area contributed by atoms with E-state index in [-0.39, 0.29) is 0 Å². The highest BCUT2D eigenvalue weighted by Crippen LogP contribution is 2.20. The average Bonchev–Trinajstić information content (AvgIpc) is 2.33. The molecule has 0 saturated heterocycles. The molecule has 1 rings (SSSR count). The number of carboxylic acids is 1. The Hall–Kier alpha value is -1.55. The predicted molar refractivity (Wildman–Crippen MR) is 75.7 cm³/mol. The van der Waals surface area contributed by atoms with Gasteiger partial charge in [-0.2, -0.15) is 0 Å². The molecule has 0 aliphatic heterocycles. The molecule has 1 atom stereocenters. The van der Waals surface area contributed by atoms with Gasteiger partial charge in [0.1, 0.15) is 11.3 Å². The van der Waals surface area contributed by atoms with E-state index in [4.69, 9.17) is 4.74 Å². The Labute approximate surface area is 114 Å². The molecule has 0 aromatic heterocycles. The van der Waals surface area contributed by atoms with Crippen LogP contribution in [0.15, 0.2) is 18.2 Å². The summed E-state index contributed by atoms with van der Waals surface area (Å²) in [5.41, 5.74) is 1.26. The molecule has 4 nitrogen and oxygen atoms in total. The SMILES string of the molecule is CCNC(C)(CCOc1cc(C)ccc1C)C(=O)O. The van der Waals surface area contributed by atoms with Gasteiger partial charge in [0.25, 0.3) is 0 Å². The lowest BCUT2D eigenvalue weighted by molar-refractivity contribution is -0.144. The third-order valence-corrected chi connectivity index (χ3v) is 3.24. The molecule has 0 aliphatic carbocycles. The largest absolute Gasteiger partial charge is 0.493 e. The van der Waals surface area contributed by atoms with Crippen molar-refractivity contribution in [2.24, 2.45) is 0 Å². The summed E-state index contributed by atoms with van der Waals surface area (Å²) in [4.78, 5) is 11.3. The van der Waals surface area contributed by atoms with Crippen LogP contribution in [-0.4, -0.2) is 29.8 Å². The zero-order valence-electron chi connectivity index (χ0n) is 12.1. The van der Waals surface area contributed by atoms with Crippen LogP contribution in [0.5, 0.6) is 5.75 Å². The van der Waals surface area contributed by atoms with Crippen molar-refractivity contribution in [2.75, 3.05) is 13.2 Å². The van der Waals surface area contributed by atoms with Crippen molar-refractivity contribution >= 4 is 5.97 Å². The fourth-order valence-corrected chi connectivity index (χ4v) is 1.89. The van der Waals surface area contributed by atoms with Crippen LogP contribution in [0.1, 0.15) is 31.4 Å². The molecule has 0 heterocycles. The van der Waals surface area contributed by atoms with Gasteiger partial charge < -0.3 is 15.2 Å². The first-order valence-electron chi connectivity index (χ1n) is 6.57. The number of nitrogens with one attached hydrogen (secondary N) is 1. The van der Waals surface area contributed by atoms with Gasteiger partial charge in [-0.1, -0.05) is 19.1 Å². The summed E-state index contributed by atoms with van der Waals surface area (Å²) in [5, 5.41) is 12.2. The van der Waals surface area contributed by atoms with Crippen molar-refractivity contribution in [3.05, 3.63) is 29.3 Å². The molecule has 0 aliphatic rings. The molecule has 1 aromatic carbocycles. The van der Waals surface area contributed by atoms with Crippen molar-refractivity contribution in [1.29, 1.82) is 0 Å². The Bertz CT molecular complexity index is 445. The van der Waals surface area contributed by atoms with Gasteiger partial charge in [0.05, 0.1) is 6.61 Å². The normalized spacial score (nSPS) is 13.9. The number of aliphatic carboxylic acids is 1. The average molecular weight is 265 g/mol. The first kappa shape index (κ1) is 15.5. The fraction of sp³-hybridized carbons (Fsp3) is 0.533. The lowest BCUT2D eigenvalue weighted by atomic mass is 9.98. The minimum atomic E-state index is -0.938. The van der Waals surface area contributed by atoms with Crippen molar-refractivity contribution in [3.63, 3.8) is 0 Å². The van der Waals surface area contributed by atoms with Gasteiger partial charge in [-0.3, -0.25) is 4.79 Å². The van der Waals surface area contributed by atoms with E-state index in [0.717, 1.165) is 16.9 Å². The number of carboxylic acid groups (broad SMARTS) is 1. The maximum atomic E-state index is 11.3. The van der Waals surface area contributed by atoms with Gasteiger partial charge in [0.2, 0.25) is 0 Å². The molecular weight excluding hydrogens is 242 g/mol. The summed E-state index contributed by atoms with van der Waals surface area (Å²) in [6, 6.07) is 6.01. The van der Waals surface area contributed by atoms with Crippen LogP contribution in [0, 0.1) is 13.8 Å². The summed E-state index contributed by atoms with van der Waals surface area (Å²) >= 11 is 0. The topological polar surface area (TPSA) is 58.6 Å². The smallest absolute Gasteiger partial charge is 0.323 e. The molecule has 2 N–H and O–H groups in total. The first-order chi connectivity index (χ1) is 8.89. The molecule has 0 amide bonds. The van der Waals surface area contributed by atoms with Crippen LogP contribution in [-0.2, 0) is 4.79 Å². The molecule has 0 spiro atoms. The molecule has 106 valence electrons. The number of likely N-dealkylation sites (N-methyl/N-ethyl adjacent to an activating group) is 1. The molecular formula is C15H23NO3. The number of carbonyl (C=O) groups is 1. The quantitative estimate of drug-likeness (QED) is 0.795. The minimum Gasteiger partial charge on any atom is -0.493 e. The van der Waals surface area contributed by atoms with E-state index >= 15 is 0 Å². The second kappa shape index (κ2) is 6.57. The van der Waals surface area contributed by atoms with E-state index in [9.17, 15) is 9.90 Å². The summed E-state index contributed by atoms with van der Waals surface area (Å²) < 4.78 is 5.71. The second-order valence-electron chi connectivity index (χ2n) is 5.04. The Morgan fingerprint density at radius 2 is 2.11 bits per heavy atom. The zero-order valence-corrected chi connectivity index (χ0v) is 12.1. The second-order valence-corrected chi connectivity index (χ2v) is 5.04. The van der Waals surface area contributed by atoms with Gasteiger partial charge in [-0.25, -0.2) is 0 Å². The molecule has 0 saturated carbocycles. The lowest BCUT2D eigenvalue weighted by Crippen LogP contribution is -2.50. The zero-order chi connectivity index (χ0) is 14.5. The Morgan fingerprint density at radius 1 is 1.42 bits per heavy atom. The maximum Gasteiger partial charge on any atom is 0.323 e. The molecule has 1 unspecified atom stereocenters.